The fourth-order valence-corrected chi connectivity index (χ4v) is 2.06. The summed E-state index contributed by atoms with van der Waals surface area (Å²) in [5.41, 5.74) is 8.10. The topological polar surface area (TPSA) is 62.7 Å². The molecule has 4 heteroatoms. The van der Waals surface area contributed by atoms with Gasteiger partial charge in [-0.2, -0.15) is 5.26 Å². The number of hydrogen-bond donors (Lipinski definition) is 1. The first kappa shape index (κ1) is 8.33. The van der Waals surface area contributed by atoms with E-state index in [9.17, 15) is 0 Å². The van der Waals surface area contributed by atoms with Crippen molar-refractivity contribution < 1.29 is 0 Å². The van der Waals surface area contributed by atoms with Crippen LogP contribution in [0.3, 0.4) is 0 Å². The number of pyridine rings is 1. The van der Waals surface area contributed by atoms with Crippen LogP contribution in [0, 0.1) is 11.3 Å². The highest BCUT2D eigenvalue weighted by Gasteiger charge is 2.21. The van der Waals surface area contributed by atoms with Gasteiger partial charge >= 0.3 is 0 Å². The quantitative estimate of drug-likeness (QED) is 0.638. The molecule has 0 fully saturated rings. The molecule has 0 unspecified atom stereocenters. The van der Waals surface area contributed by atoms with Gasteiger partial charge in [-0.15, -0.1) is 0 Å². The molecule has 0 aromatic carbocycles. The largest absolute Gasteiger partial charge is 0.383 e. The van der Waals surface area contributed by atoms with E-state index >= 15 is 0 Å². The first-order valence-electron chi connectivity index (χ1n) is 4.11. The van der Waals surface area contributed by atoms with Crippen LogP contribution in [0.25, 0.3) is 0 Å². The Morgan fingerprint density at radius 3 is 2.77 bits per heavy atom. The molecular weight excluding hydrogens is 186 g/mol. The van der Waals surface area contributed by atoms with Crippen molar-refractivity contribution >= 4 is 17.4 Å². The van der Waals surface area contributed by atoms with Crippen molar-refractivity contribution in [2.75, 3.05) is 5.73 Å². The van der Waals surface area contributed by atoms with Gasteiger partial charge in [0.1, 0.15) is 17.0 Å². The van der Waals surface area contributed by atoms with Crippen LogP contribution in [-0.4, -0.2) is 4.98 Å². The van der Waals surface area contributed by atoms with Gasteiger partial charge < -0.3 is 5.73 Å². The predicted octanol–water partition coefficient (Wildman–Crippen LogP) is 1.68. The molecule has 0 atom stereocenters. The zero-order chi connectivity index (χ0) is 9.42. The molecule has 66 valence electrons. The molecule has 1 aromatic heterocycles. The number of hydrogen-bond acceptors (Lipinski definition) is 3. The summed E-state index contributed by atoms with van der Waals surface area (Å²) in [6, 6.07) is 2.08. The lowest BCUT2D eigenvalue weighted by molar-refractivity contribution is 0.910. The number of nitrogens with two attached hydrogens (primary N) is 1. The molecular formula is C9H8ClN3. The number of nitrogens with zero attached hydrogens (tertiary/aromatic N) is 2. The van der Waals surface area contributed by atoms with Gasteiger partial charge in [0.15, 0.2) is 0 Å². The maximum Gasteiger partial charge on any atom is 0.143 e. The normalized spacial score (nSPS) is 13.8. The zero-order valence-electron chi connectivity index (χ0n) is 6.97. The highest BCUT2D eigenvalue weighted by Crippen LogP contribution is 2.32. The van der Waals surface area contributed by atoms with Crippen molar-refractivity contribution in [2.24, 2.45) is 0 Å². The summed E-state index contributed by atoms with van der Waals surface area (Å²) < 4.78 is 0. The van der Waals surface area contributed by atoms with Gasteiger partial charge in [-0.05, 0) is 30.4 Å². The molecule has 1 aromatic rings. The van der Waals surface area contributed by atoms with E-state index in [0.717, 1.165) is 30.4 Å². The summed E-state index contributed by atoms with van der Waals surface area (Å²) in [7, 11) is 0. The lowest BCUT2D eigenvalue weighted by Gasteiger charge is -2.05. The third kappa shape index (κ3) is 1.14. The SMILES string of the molecule is N#Cc1c(N)nc(Cl)c2c1CCC2. The molecule has 0 aliphatic heterocycles. The van der Waals surface area contributed by atoms with E-state index < -0.39 is 0 Å². The van der Waals surface area contributed by atoms with Crippen molar-refractivity contribution in [3.05, 3.63) is 21.8 Å². The second-order valence-corrected chi connectivity index (χ2v) is 3.44. The third-order valence-electron chi connectivity index (χ3n) is 2.36. The molecule has 13 heavy (non-hydrogen) atoms. The number of aromatic nitrogens is 1. The molecule has 0 spiro atoms. The minimum atomic E-state index is 0.258. The van der Waals surface area contributed by atoms with Crippen LogP contribution in [-0.2, 0) is 12.8 Å². The maximum atomic E-state index is 8.86. The van der Waals surface area contributed by atoms with Crippen LogP contribution < -0.4 is 5.73 Å². The molecule has 1 aliphatic carbocycles. The fraction of sp³-hybridized carbons (Fsp3) is 0.333. The Balaban J connectivity index is 2.74. The van der Waals surface area contributed by atoms with Crippen LogP contribution in [0.1, 0.15) is 23.1 Å². The van der Waals surface area contributed by atoms with Crippen molar-refractivity contribution in [1.29, 1.82) is 5.26 Å². The summed E-state index contributed by atoms with van der Waals surface area (Å²) in [4.78, 5) is 3.94. The Morgan fingerprint density at radius 1 is 1.38 bits per heavy atom. The molecule has 0 radical (unpaired) electrons. The Hall–Kier alpha value is -1.27. The lowest BCUT2D eigenvalue weighted by Crippen LogP contribution is -2.01. The van der Waals surface area contributed by atoms with Crippen molar-refractivity contribution in [2.45, 2.75) is 19.3 Å². The Kier molecular flexibility index (Phi) is 1.86. The van der Waals surface area contributed by atoms with Gasteiger partial charge in [0, 0.05) is 0 Å². The Bertz CT molecular complexity index is 406. The molecule has 2 rings (SSSR count). The van der Waals surface area contributed by atoms with Gasteiger partial charge in [0.05, 0.1) is 5.56 Å². The Morgan fingerprint density at radius 2 is 2.08 bits per heavy atom. The fourth-order valence-electron chi connectivity index (χ4n) is 1.76. The van der Waals surface area contributed by atoms with Gasteiger partial charge in [-0.1, -0.05) is 11.6 Å². The van der Waals surface area contributed by atoms with Crippen molar-refractivity contribution in [3.8, 4) is 6.07 Å². The van der Waals surface area contributed by atoms with E-state index in [2.05, 4.69) is 11.1 Å². The van der Waals surface area contributed by atoms with Crippen LogP contribution in [0.4, 0.5) is 5.82 Å². The minimum absolute atomic E-state index is 0.258. The number of anilines is 1. The second-order valence-electron chi connectivity index (χ2n) is 3.09. The highest BCUT2D eigenvalue weighted by atomic mass is 35.5. The molecule has 0 bridgehead atoms. The maximum absolute atomic E-state index is 8.86. The number of fused-ring (bicyclic) bond motifs is 1. The van der Waals surface area contributed by atoms with E-state index in [0.29, 0.717) is 10.7 Å². The summed E-state index contributed by atoms with van der Waals surface area (Å²) in [5, 5.41) is 9.32. The van der Waals surface area contributed by atoms with E-state index in [-0.39, 0.29) is 5.82 Å². The van der Waals surface area contributed by atoms with Crippen molar-refractivity contribution in [3.63, 3.8) is 0 Å². The van der Waals surface area contributed by atoms with E-state index in [1.54, 1.807) is 0 Å². The molecule has 1 aliphatic rings. The van der Waals surface area contributed by atoms with Gasteiger partial charge in [0.25, 0.3) is 0 Å². The number of nitriles is 1. The van der Waals surface area contributed by atoms with E-state index in [1.807, 2.05) is 0 Å². The average Bonchev–Trinajstić information content (AvgIpc) is 2.53. The predicted molar refractivity (Wildman–Crippen MR) is 50.4 cm³/mol. The van der Waals surface area contributed by atoms with Gasteiger partial charge in [0.2, 0.25) is 0 Å². The molecule has 0 amide bonds. The summed E-state index contributed by atoms with van der Waals surface area (Å²) in [6.45, 7) is 0. The summed E-state index contributed by atoms with van der Waals surface area (Å²) >= 11 is 5.90. The minimum Gasteiger partial charge on any atom is -0.383 e. The van der Waals surface area contributed by atoms with Gasteiger partial charge in [-0.3, -0.25) is 0 Å². The van der Waals surface area contributed by atoms with Gasteiger partial charge in [-0.25, -0.2) is 4.98 Å². The monoisotopic (exact) mass is 193 g/mol. The average molecular weight is 194 g/mol. The first-order chi connectivity index (χ1) is 6.24. The van der Waals surface area contributed by atoms with Crippen LogP contribution in [0.2, 0.25) is 5.15 Å². The molecule has 2 N–H and O–H groups in total. The molecule has 1 heterocycles. The number of nitrogen functional groups attached to an aromatic ring is 1. The smallest absolute Gasteiger partial charge is 0.143 e. The standard InChI is InChI=1S/C9H8ClN3/c10-8-6-3-1-2-5(6)7(4-11)9(12)13-8/h1-3H2,(H2,12,13). The lowest BCUT2D eigenvalue weighted by atomic mass is 10.1. The Labute approximate surface area is 81.1 Å². The summed E-state index contributed by atoms with van der Waals surface area (Å²) in [5.74, 6) is 0.258. The van der Waals surface area contributed by atoms with Crippen LogP contribution in [0.5, 0.6) is 0 Å². The zero-order valence-corrected chi connectivity index (χ0v) is 7.73. The van der Waals surface area contributed by atoms with E-state index in [1.165, 1.54) is 0 Å². The summed E-state index contributed by atoms with van der Waals surface area (Å²) in [6.07, 6.45) is 2.84. The molecule has 0 saturated carbocycles. The number of halogens is 1. The van der Waals surface area contributed by atoms with E-state index in [4.69, 9.17) is 22.6 Å². The highest BCUT2D eigenvalue weighted by molar-refractivity contribution is 6.30. The van der Waals surface area contributed by atoms with Crippen LogP contribution >= 0.6 is 11.6 Å². The second kappa shape index (κ2) is 2.90. The third-order valence-corrected chi connectivity index (χ3v) is 2.67. The van der Waals surface area contributed by atoms with Crippen LogP contribution in [0.15, 0.2) is 0 Å². The molecule has 3 nitrogen and oxygen atoms in total. The number of rotatable bonds is 0. The van der Waals surface area contributed by atoms with Crippen molar-refractivity contribution in [1.82, 2.24) is 4.98 Å². The first-order valence-corrected chi connectivity index (χ1v) is 4.48. The molecule has 0 saturated heterocycles.